The molecule has 0 aliphatic heterocycles. The number of benzene rings is 9. The third kappa shape index (κ3) is 6.47. The van der Waals surface area contributed by atoms with Crippen LogP contribution in [0.15, 0.2) is 218 Å². The van der Waals surface area contributed by atoms with E-state index in [0.717, 1.165) is 42.7 Å². The predicted octanol–water partition coefficient (Wildman–Crippen LogP) is 16.1. The van der Waals surface area contributed by atoms with Crippen LogP contribution < -0.4 is 9.80 Å². The number of nitrogens with zero attached hydrogens (tertiary/aromatic N) is 2. The van der Waals surface area contributed by atoms with Gasteiger partial charge in [-0.05, 0) is 164 Å². The highest BCUT2D eigenvalue weighted by Gasteiger charge is 2.24. The second-order valence-corrected chi connectivity index (χ2v) is 15.9. The molecule has 0 spiro atoms. The zero-order chi connectivity index (χ0) is 39.8. The van der Waals surface area contributed by atoms with E-state index in [-0.39, 0.29) is 0 Å². The van der Waals surface area contributed by atoms with Crippen molar-refractivity contribution >= 4 is 72.4 Å². The van der Waals surface area contributed by atoms with Gasteiger partial charge in [0.05, 0.1) is 0 Å². The summed E-state index contributed by atoms with van der Waals surface area (Å²) in [6.45, 7) is 0. The molecule has 0 radical (unpaired) electrons. The summed E-state index contributed by atoms with van der Waals surface area (Å²) in [5.41, 5.74) is 14.9. The fourth-order valence-corrected chi connectivity index (χ4v) is 9.55. The van der Waals surface area contributed by atoms with Crippen molar-refractivity contribution in [2.75, 3.05) is 9.80 Å². The molecule has 0 bridgehead atoms. The Morgan fingerprint density at radius 2 is 0.967 bits per heavy atom. The molecular weight excluding hydrogens is 725 g/mol. The molecule has 0 saturated heterocycles. The Labute approximate surface area is 352 Å². The standard InChI is InChI=1S/C58H44N2/c1-5-21-47(22-6-1)59(48-23-7-2-8-24-48)51-33-35-53-55(39-51)57(45-31-29-41-17-13-15-19-43(41)37-45)54-36-34-52(60(49-25-9-3-10-26-49)50-27-11-4-12-28-50)40-56(54)58(53)46-32-30-42-18-14-16-20-44(42)38-46/h1-11,13-27,29,31,33-40H,12,28,30,32H2. The summed E-state index contributed by atoms with van der Waals surface area (Å²) in [5.74, 6) is 0. The van der Waals surface area contributed by atoms with E-state index in [1.165, 1.54) is 82.8 Å². The van der Waals surface area contributed by atoms with Crippen LogP contribution in [0.4, 0.5) is 28.4 Å². The van der Waals surface area contributed by atoms with Crippen molar-refractivity contribution in [3.8, 4) is 11.1 Å². The highest BCUT2D eigenvalue weighted by atomic mass is 15.2. The van der Waals surface area contributed by atoms with Gasteiger partial charge in [-0.25, -0.2) is 0 Å². The molecule has 286 valence electrons. The molecule has 0 aromatic heterocycles. The van der Waals surface area contributed by atoms with Crippen LogP contribution in [0.2, 0.25) is 0 Å². The molecule has 2 aliphatic carbocycles. The van der Waals surface area contributed by atoms with Crippen molar-refractivity contribution in [2.24, 2.45) is 0 Å². The maximum Gasteiger partial charge on any atom is 0.0468 e. The maximum atomic E-state index is 2.48. The maximum absolute atomic E-state index is 2.48. The zero-order valence-corrected chi connectivity index (χ0v) is 33.5. The van der Waals surface area contributed by atoms with E-state index in [2.05, 4.69) is 228 Å². The summed E-state index contributed by atoms with van der Waals surface area (Å²) < 4.78 is 0. The Kier molecular flexibility index (Phi) is 9.17. The molecule has 0 fully saturated rings. The van der Waals surface area contributed by atoms with E-state index in [1.54, 1.807) is 0 Å². The van der Waals surface area contributed by atoms with Crippen LogP contribution in [0.3, 0.4) is 0 Å². The Bertz CT molecular complexity index is 3100. The first-order valence-corrected chi connectivity index (χ1v) is 21.2. The topological polar surface area (TPSA) is 6.48 Å². The minimum atomic E-state index is 0.973. The van der Waals surface area contributed by atoms with Gasteiger partial charge in [0, 0.05) is 34.1 Å². The van der Waals surface area contributed by atoms with Crippen molar-refractivity contribution in [1.29, 1.82) is 0 Å². The lowest BCUT2D eigenvalue weighted by molar-refractivity contribution is 0.918. The fourth-order valence-electron chi connectivity index (χ4n) is 9.55. The highest BCUT2D eigenvalue weighted by molar-refractivity contribution is 6.21. The molecule has 0 atom stereocenters. The van der Waals surface area contributed by atoms with Gasteiger partial charge in [-0.3, -0.25) is 0 Å². The van der Waals surface area contributed by atoms with Crippen LogP contribution in [-0.2, 0) is 6.42 Å². The summed E-state index contributed by atoms with van der Waals surface area (Å²) in [4.78, 5) is 4.86. The second-order valence-electron chi connectivity index (χ2n) is 15.9. The number of anilines is 5. The molecule has 11 rings (SSSR count). The first kappa shape index (κ1) is 35.7. The molecule has 9 aromatic carbocycles. The lowest BCUT2D eigenvalue weighted by Crippen LogP contribution is -2.17. The first-order valence-electron chi connectivity index (χ1n) is 21.2. The van der Waals surface area contributed by atoms with E-state index >= 15 is 0 Å². The van der Waals surface area contributed by atoms with Crippen LogP contribution in [0.25, 0.3) is 55.1 Å². The van der Waals surface area contributed by atoms with E-state index in [4.69, 9.17) is 0 Å². The van der Waals surface area contributed by atoms with Crippen molar-refractivity contribution in [3.63, 3.8) is 0 Å². The summed E-state index contributed by atoms with van der Waals surface area (Å²) in [6.07, 6.45) is 13.2. The van der Waals surface area contributed by atoms with Gasteiger partial charge in [0.25, 0.3) is 0 Å². The highest BCUT2D eigenvalue weighted by Crippen LogP contribution is 2.48. The molecule has 2 nitrogen and oxygen atoms in total. The van der Waals surface area contributed by atoms with Crippen molar-refractivity contribution in [1.82, 2.24) is 0 Å². The molecule has 2 aliphatic rings. The number of aryl methyl sites for hydroxylation is 1. The molecule has 0 N–H and O–H groups in total. The molecule has 0 saturated carbocycles. The average molecular weight is 769 g/mol. The number of para-hydroxylation sites is 3. The minimum Gasteiger partial charge on any atom is -0.314 e. The van der Waals surface area contributed by atoms with E-state index in [0.29, 0.717) is 0 Å². The zero-order valence-electron chi connectivity index (χ0n) is 33.5. The van der Waals surface area contributed by atoms with E-state index in [1.807, 2.05) is 0 Å². The van der Waals surface area contributed by atoms with Crippen LogP contribution >= 0.6 is 0 Å². The van der Waals surface area contributed by atoms with E-state index < -0.39 is 0 Å². The number of allylic oxidation sites excluding steroid dienone is 5. The smallest absolute Gasteiger partial charge is 0.0468 e. The molecule has 0 heterocycles. The van der Waals surface area contributed by atoms with Gasteiger partial charge in [-0.15, -0.1) is 0 Å². The fraction of sp³-hybridized carbons (Fsp3) is 0.0690. The number of fused-ring (bicyclic) bond motifs is 4. The third-order valence-electron chi connectivity index (χ3n) is 12.3. The molecular formula is C58H44N2. The molecule has 0 amide bonds. The number of rotatable bonds is 8. The lowest BCUT2D eigenvalue weighted by Gasteiger charge is -2.30. The van der Waals surface area contributed by atoms with Gasteiger partial charge in [-0.1, -0.05) is 146 Å². The van der Waals surface area contributed by atoms with Crippen LogP contribution in [0, 0.1) is 0 Å². The van der Waals surface area contributed by atoms with Crippen LogP contribution in [-0.4, -0.2) is 0 Å². The lowest BCUT2D eigenvalue weighted by atomic mass is 9.81. The van der Waals surface area contributed by atoms with Gasteiger partial charge < -0.3 is 9.80 Å². The molecule has 60 heavy (non-hydrogen) atoms. The van der Waals surface area contributed by atoms with Crippen molar-refractivity contribution < 1.29 is 0 Å². The van der Waals surface area contributed by atoms with Gasteiger partial charge in [-0.2, -0.15) is 0 Å². The molecule has 2 heteroatoms. The van der Waals surface area contributed by atoms with Crippen molar-refractivity contribution in [2.45, 2.75) is 25.7 Å². The van der Waals surface area contributed by atoms with Gasteiger partial charge >= 0.3 is 0 Å². The Morgan fingerprint density at radius 3 is 1.65 bits per heavy atom. The van der Waals surface area contributed by atoms with Gasteiger partial charge in [0.1, 0.15) is 0 Å². The summed E-state index contributed by atoms with van der Waals surface area (Å²) >= 11 is 0. The van der Waals surface area contributed by atoms with Crippen molar-refractivity contribution in [3.05, 3.63) is 235 Å². The third-order valence-corrected chi connectivity index (χ3v) is 12.3. The Balaban J connectivity index is 1.25. The monoisotopic (exact) mass is 768 g/mol. The summed E-state index contributed by atoms with van der Waals surface area (Å²) in [6, 6.07) is 71.4. The number of hydrogen-bond donors (Lipinski definition) is 0. The minimum absolute atomic E-state index is 0.973. The first-order chi connectivity index (χ1) is 29.8. The second kappa shape index (κ2) is 15.4. The average Bonchev–Trinajstić information content (AvgIpc) is 3.32. The van der Waals surface area contributed by atoms with Crippen LogP contribution in [0.5, 0.6) is 0 Å². The summed E-state index contributed by atoms with van der Waals surface area (Å²) in [7, 11) is 0. The largest absolute Gasteiger partial charge is 0.314 e. The SMILES string of the molecule is C1=CCCC(N(c2ccccc2)c2ccc3c(-c4ccc5ccccc5c4)c4cc(N(c5ccccc5)c5ccccc5)ccc4c(C4=Cc5ccccc5CC4)c3c2)=C1. The molecule has 0 unspecified atom stereocenters. The normalized spacial score (nSPS) is 13.5. The predicted molar refractivity (Wildman–Crippen MR) is 257 cm³/mol. The number of hydrogen-bond acceptors (Lipinski definition) is 2. The van der Waals surface area contributed by atoms with Gasteiger partial charge in [0.15, 0.2) is 0 Å². The summed E-state index contributed by atoms with van der Waals surface area (Å²) in [5, 5.41) is 7.52. The van der Waals surface area contributed by atoms with E-state index in [9.17, 15) is 0 Å². The van der Waals surface area contributed by atoms with Crippen LogP contribution in [0.1, 0.15) is 36.0 Å². The molecule has 9 aromatic rings. The quantitative estimate of drug-likeness (QED) is 0.142. The Morgan fingerprint density at radius 1 is 0.383 bits per heavy atom. The van der Waals surface area contributed by atoms with Gasteiger partial charge in [0.2, 0.25) is 0 Å². The Hall–Kier alpha value is -7.42.